The number of anilines is 2. The van der Waals surface area contributed by atoms with Gasteiger partial charge in [-0.1, -0.05) is 0 Å². The van der Waals surface area contributed by atoms with Crippen LogP contribution in [-0.2, 0) is 4.74 Å². The van der Waals surface area contributed by atoms with Crippen molar-refractivity contribution >= 4 is 23.4 Å². The standard InChI is InChI=1S/C11H16N6O2/c12-8-5-9(16-11(14)18)15-6-7(8)10(13)17-1-3-19-4-2-17/h5-6,13H,1-4H2,(H5,12,14,15,16,18). The Kier molecular flexibility index (Phi) is 3.81. The number of nitrogen functional groups attached to an aromatic ring is 1. The van der Waals surface area contributed by atoms with Crippen molar-refractivity contribution in [1.82, 2.24) is 9.88 Å². The molecule has 8 heteroatoms. The molecule has 0 spiro atoms. The van der Waals surface area contributed by atoms with E-state index < -0.39 is 6.03 Å². The molecule has 0 unspecified atom stereocenters. The van der Waals surface area contributed by atoms with Gasteiger partial charge in [-0.3, -0.25) is 10.7 Å². The maximum Gasteiger partial charge on any atom is 0.317 e. The average molecular weight is 264 g/mol. The molecule has 102 valence electrons. The molecule has 2 amide bonds. The quantitative estimate of drug-likeness (QED) is 0.434. The van der Waals surface area contributed by atoms with Crippen LogP contribution in [0.15, 0.2) is 12.3 Å². The highest BCUT2D eigenvalue weighted by Crippen LogP contribution is 2.17. The van der Waals surface area contributed by atoms with E-state index in [4.69, 9.17) is 21.6 Å². The van der Waals surface area contributed by atoms with E-state index in [9.17, 15) is 4.79 Å². The molecule has 0 aliphatic carbocycles. The molecule has 0 bridgehead atoms. The van der Waals surface area contributed by atoms with Crippen LogP contribution >= 0.6 is 0 Å². The number of urea groups is 1. The first-order valence-corrected chi connectivity index (χ1v) is 5.81. The summed E-state index contributed by atoms with van der Waals surface area (Å²) >= 11 is 0. The molecule has 1 aromatic heterocycles. The van der Waals surface area contributed by atoms with Crippen LogP contribution in [0, 0.1) is 5.41 Å². The van der Waals surface area contributed by atoms with E-state index in [2.05, 4.69) is 10.3 Å². The van der Waals surface area contributed by atoms with Crippen LogP contribution in [0.1, 0.15) is 5.56 Å². The van der Waals surface area contributed by atoms with Gasteiger partial charge in [0.15, 0.2) is 0 Å². The van der Waals surface area contributed by atoms with E-state index in [1.54, 1.807) is 0 Å². The maximum absolute atomic E-state index is 10.7. The molecular weight excluding hydrogens is 248 g/mol. The molecule has 2 rings (SSSR count). The summed E-state index contributed by atoms with van der Waals surface area (Å²) in [4.78, 5) is 16.6. The molecule has 1 aliphatic rings. The molecule has 0 atom stereocenters. The largest absolute Gasteiger partial charge is 0.398 e. The number of carbonyl (C=O) groups is 1. The summed E-state index contributed by atoms with van der Waals surface area (Å²) in [5.74, 6) is 0.572. The molecular formula is C11H16N6O2. The lowest BCUT2D eigenvalue weighted by Gasteiger charge is -2.29. The third-order valence-electron chi connectivity index (χ3n) is 2.77. The van der Waals surface area contributed by atoms with Gasteiger partial charge in [0.05, 0.1) is 18.8 Å². The number of rotatable bonds is 2. The van der Waals surface area contributed by atoms with Crippen molar-refractivity contribution in [1.29, 1.82) is 5.41 Å². The van der Waals surface area contributed by atoms with Crippen LogP contribution in [-0.4, -0.2) is 48.1 Å². The number of carbonyl (C=O) groups excluding carboxylic acids is 1. The van der Waals surface area contributed by atoms with Gasteiger partial charge >= 0.3 is 6.03 Å². The van der Waals surface area contributed by atoms with Crippen LogP contribution in [0.2, 0.25) is 0 Å². The van der Waals surface area contributed by atoms with Crippen molar-refractivity contribution in [2.45, 2.75) is 0 Å². The number of ether oxygens (including phenoxy) is 1. The van der Waals surface area contributed by atoms with E-state index >= 15 is 0 Å². The van der Waals surface area contributed by atoms with Gasteiger partial charge < -0.3 is 21.1 Å². The Hall–Kier alpha value is -2.35. The predicted octanol–water partition coefficient (Wildman–Crippen LogP) is -0.188. The summed E-state index contributed by atoms with van der Waals surface area (Å²) in [6.07, 6.45) is 1.46. The van der Waals surface area contributed by atoms with Crippen LogP contribution < -0.4 is 16.8 Å². The summed E-state index contributed by atoms with van der Waals surface area (Å²) in [5, 5.41) is 10.5. The summed E-state index contributed by atoms with van der Waals surface area (Å²) in [5.41, 5.74) is 11.8. The lowest BCUT2D eigenvalue weighted by atomic mass is 10.2. The van der Waals surface area contributed by atoms with E-state index in [0.29, 0.717) is 43.4 Å². The van der Waals surface area contributed by atoms with Crippen LogP contribution in [0.3, 0.4) is 0 Å². The molecule has 2 heterocycles. The molecule has 0 saturated carbocycles. The van der Waals surface area contributed by atoms with Crippen LogP contribution in [0.4, 0.5) is 16.3 Å². The van der Waals surface area contributed by atoms with Gasteiger partial charge in [0.1, 0.15) is 11.7 Å². The molecule has 1 saturated heterocycles. The van der Waals surface area contributed by atoms with Crippen LogP contribution in [0.25, 0.3) is 0 Å². The summed E-state index contributed by atoms with van der Waals surface area (Å²) < 4.78 is 5.23. The van der Waals surface area contributed by atoms with Crippen molar-refractivity contribution in [3.63, 3.8) is 0 Å². The third-order valence-corrected chi connectivity index (χ3v) is 2.77. The Morgan fingerprint density at radius 1 is 1.47 bits per heavy atom. The number of nitrogens with two attached hydrogens (primary N) is 2. The second kappa shape index (κ2) is 5.53. The van der Waals surface area contributed by atoms with Crippen molar-refractivity contribution in [2.75, 3.05) is 37.4 Å². The van der Waals surface area contributed by atoms with Gasteiger partial charge in [-0.2, -0.15) is 0 Å². The number of aromatic nitrogens is 1. The number of amidine groups is 1. The Morgan fingerprint density at radius 2 is 2.16 bits per heavy atom. The van der Waals surface area contributed by atoms with E-state index in [-0.39, 0.29) is 5.82 Å². The molecule has 1 fully saturated rings. The number of amides is 2. The lowest BCUT2D eigenvalue weighted by Crippen LogP contribution is -2.41. The van der Waals surface area contributed by atoms with E-state index in [0.717, 1.165) is 0 Å². The highest BCUT2D eigenvalue weighted by atomic mass is 16.5. The Labute approximate surface area is 110 Å². The topological polar surface area (TPSA) is 130 Å². The second-order valence-electron chi connectivity index (χ2n) is 4.09. The van der Waals surface area contributed by atoms with Gasteiger partial charge in [0, 0.05) is 31.0 Å². The second-order valence-corrected chi connectivity index (χ2v) is 4.09. The van der Waals surface area contributed by atoms with Gasteiger partial charge in [-0.05, 0) is 0 Å². The fraction of sp³-hybridized carbons (Fsp3) is 0.364. The zero-order chi connectivity index (χ0) is 13.8. The van der Waals surface area contributed by atoms with Crippen molar-refractivity contribution in [3.05, 3.63) is 17.8 Å². The number of nitrogens with zero attached hydrogens (tertiary/aromatic N) is 2. The number of primary amides is 1. The minimum Gasteiger partial charge on any atom is -0.398 e. The molecule has 19 heavy (non-hydrogen) atoms. The first kappa shape index (κ1) is 13.1. The monoisotopic (exact) mass is 264 g/mol. The highest BCUT2D eigenvalue weighted by Gasteiger charge is 2.17. The molecule has 8 nitrogen and oxygen atoms in total. The Balaban J connectivity index is 2.15. The third kappa shape index (κ3) is 3.10. The van der Waals surface area contributed by atoms with Crippen molar-refractivity contribution in [3.8, 4) is 0 Å². The smallest absolute Gasteiger partial charge is 0.317 e. The van der Waals surface area contributed by atoms with Gasteiger partial charge in [-0.15, -0.1) is 0 Å². The number of pyridine rings is 1. The molecule has 0 radical (unpaired) electrons. The highest BCUT2D eigenvalue weighted by molar-refractivity contribution is 6.01. The van der Waals surface area contributed by atoms with Crippen LogP contribution in [0.5, 0.6) is 0 Å². The zero-order valence-electron chi connectivity index (χ0n) is 10.3. The number of hydrogen-bond acceptors (Lipinski definition) is 5. The van der Waals surface area contributed by atoms with Gasteiger partial charge in [0.25, 0.3) is 0 Å². The van der Waals surface area contributed by atoms with Crippen molar-refractivity contribution in [2.24, 2.45) is 5.73 Å². The predicted molar refractivity (Wildman–Crippen MR) is 71.1 cm³/mol. The number of morpholine rings is 1. The van der Waals surface area contributed by atoms with E-state index in [1.807, 2.05) is 4.90 Å². The normalized spacial score (nSPS) is 15.1. The molecule has 6 N–H and O–H groups in total. The SMILES string of the molecule is N=C(c1cnc(NC(N)=O)cc1N)N1CCOCC1. The fourth-order valence-electron chi connectivity index (χ4n) is 1.82. The fourth-order valence-corrected chi connectivity index (χ4v) is 1.82. The minimum atomic E-state index is -0.706. The number of hydrogen-bond donors (Lipinski definition) is 4. The summed E-state index contributed by atoms with van der Waals surface area (Å²) in [7, 11) is 0. The Bertz CT molecular complexity index is 498. The van der Waals surface area contributed by atoms with Gasteiger partial charge in [-0.25, -0.2) is 9.78 Å². The van der Waals surface area contributed by atoms with Gasteiger partial charge in [0.2, 0.25) is 0 Å². The van der Waals surface area contributed by atoms with E-state index in [1.165, 1.54) is 12.3 Å². The first-order chi connectivity index (χ1) is 9.08. The first-order valence-electron chi connectivity index (χ1n) is 5.81. The number of nitrogens with one attached hydrogen (secondary N) is 2. The zero-order valence-corrected chi connectivity index (χ0v) is 10.3. The summed E-state index contributed by atoms with van der Waals surface area (Å²) in [6.45, 7) is 2.49. The molecule has 0 aromatic carbocycles. The molecule has 1 aliphatic heterocycles. The molecule has 1 aromatic rings. The van der Waals surface area contributed by atoms with Crippen molar-refractivity contribution < 1.29 is 9.53 Å². The average Bonchev–Trinajstić information content (AvgIpc) is 2.38. The Morgan fingerprint density at radius 3 is 2.74 bits per heavy atom. The summed E-state index contributed by atoms with van der Waals surface area (Å²) in [6, 6.07) is 0.776. The minimum absolute atomic E-state index is 0.267. The lowest BCUT2D eigenvalue weighted by molar-refractivity contribution is 0.0680. The maximum atomic E-state index is 10.7.